The number of pyridine rings is 1. The molecule has 0 bridgehead atoms. The number of anilines is 1. The fourth-order valence-electron chi connectivity index (χ4n) is 4.24. The maximum absolute atomic E-state index is 14.6. The van der Waals surface area contributed by atoms with Gasteiger partial charge in [-0.3, -0.25) is 4.79 Å². The highest BCUT2D eigenvalue weighted by Crippen LogP contribution is 2.33. The number of nitrogens with zero attached hydrogens (tertiary/aromatic N) is 7. The van der Waals surface area contributed by atoms with Gasteiger partial charge in [0.05, 0.1) is 23.2 Å². The number of methoxy groups -OCH3 is 1. The number of hydrogen-bond acceptors (Lipinski definition) is 8. The highest BCUT2D eigenvalue weighted by molar-refractivity contribution is 6.32. The van der Waals surface area contributed by atoms with Crippen molar-refractivity contribution in [1.29, 1.82) is 0 Å². The molecule has 0 unspecified atom stereocenters. The van der Waals surface area contributed by atoms with Crippen molar-refractivity contribution in [2.24, 2.45) is 0 Å². The topological polar surface area (TPSA) is 102 Å². The van der Waals surface area contributed by atoms with Crippen LogP contribution in [0.4, 0.5) is 10.1 Å². The van der Waals surface area contributed by atoms with Crippen LogP contribution in [0.3, 0.4) is 0 Å². The summed E-state index contributed by atoms with van der Waals surface area (Å²) in [5.41, 5.74) is 1.44. The van der Waals surface area contributed by atoms with Crippen LogP contribution in [0.5, 0.6) is 5.75 Å². The smallest absolute Gasteiger partial charge is 0.244 e. The molecule has 1 fully saturated rings. The molecular formula is C22H21ClFN7O3. The van der Waals surface area contributed by atoms with Crippen molar-refractivity contribution >= 4 is 34.2 Å². The van der Waals surface area contributed by atoms with Gasteiger partial charge in [0, 0.05) is 37.9 Å². The van der Waals surface area contributed by atoms with Gasteiger partial charge in [-0.05, 0) is 25.1 Å². The molecule has 0 aliphatic carbocycles. The zero-order chi connectivity index (χ0) is 23.8. The zero-order valence-electron chi connectivity index (χ0n) is 18.5. The van der Waals surface area contributed by atoms with E-state index in [1.165, 1.54) is 19.6 Å². The molecule has 34 heavy (non-hydrogen) atoms. The Morgan fingerprint density at radius 3 is 2.91 bits per heavy atom. The zero-order valence-corrected chi connectivity index (χ0v) is 19.2. The molecule has 4 heterocycles. The highest BCUT2D eigenvalue weighted by atomic mass is 35.5. The van der Waals surface area contributed by atoms with Crippen LogP contribution in [0.25, 0.3) is 22.6 Å². The van der Waals surface area contributed by atoms with Crippen molar-refractivity contribution in [3.63, 3.8) is 0 Å². The Kier molecular flexibility index (Phi) is 5.78. The Labute approximate surface area is 198 Å². The van der Waals surface area contributed by atoms with Crippen molar-refractivity contribution in [1.82, 2.24) is 29.8 Å². The molecule has 1 amide bonds. The van der Waals surface area contributed by atoms with E-state index in [4.69, 9.17) is 20.9 Å². The minimum Gasteiger partial charge on any atom is -0.495 e. The average molecular weight is 486 g/mol. The maximum atomic E-state index is 14.6. The number of benzene rings is 1. The number of carbonyl (C=O) groups excluding carboxylic acids is 1. The maximum Gasteiger partial charge on any atom is 0.244 e. The summed E-state index contributed by atoms with van der Waals surface area (Å²) in [5.74, 6) is 0.183. The van der Waals surface area contributed by atoms with Gasteiger partial charge in [0.25, 0.3) is 0 Å². The molecule has 0 spiro atoms. The number of amides is 1. The van der Waals surface area contributed by atoms with Crippen molar-refractivity contribution in [2.45, 2.75) is 19.5 Å². The number of carbonyl (C=O) groups is 1. The van der Waals surface area contributed by atoms with Crippen molar-refractivity contribution in [2.75, 3.05) is 31.6 Å². The van der Waals surface area contributed by atoms with Gasteiger partial charge in [-0.1, -0.05) is 16.8 Å². The molecule has 3 aromatic heterocycles. The number of rotatable bonds is 5. The van der Waals surface area contributed by atoms with Crippen LogP contribution >= 0.6 is 11.6 Å². The molecule has 4 aromatic rings. The summed E-state index contributed by atoms with van der Waals surface area (Å²) in [6.45, 7) is 3.27. The van der Waals surface area contributed by atoms with Gasteiger partial charge >= 0.3 is 0 Å². The molecule has 0 saturated carbocycles. The van der Waals surface area contributed by atoms with Crippen molar-refractivity contribution in [3.05, 3.63) is 47.7 Å². The first-order valence-electron chi connectivity index (χ1n) is 10.6. The predicted octanol–water partition coefficient (Wildman–Crippen LogP) is 3.02. The first-order chi connectivity index (χ1) is 16.5. The van der Waals surface area contributed by atoms with Gasteiger partial charge in [-0.25, -0.2) is 14.1 Å². The molecular weight excluding hydrogens is 465 g/mol. The third-order valence-electron chi connectivity index (χ3n) is 5.87. The number of aromatic nitrogens is 5. The molecule has 5 rings (SSSR count). The third-order valence-corrected chi connectivity index (χ3v) is 6.17. The number of fused-ring (bicyclic) bond motifs is 1. The van der Waals surface area contributed by atoms with Crippen LogP contribution in [0, 0.1) is 5.82 Å². The Bertz CT molecular complexity index is 1340. The summed E-state index contributed by atoms with van der Waals surface area (Å²) >= 11 is 6.02. The predicted molar refractivity (Wildman–Crippen MR) is 122 cm³/mol. The fourth-order valence-corrected chi connectivity index (χ4v) is 4.47. The van der Waals surface area contributed by atoms with Gasteiger partial charge in [0.15, 0.2) is 5.65 Å². The number of piperazine rings is 1. The van der Waals surface area contributed by atoms with E-state index in [0.29, 0.717) is 48.2 Å². The minimum atomic E-state index is -0.430. The van der Waals surface area contributed by atoms with E-state index >= 15 is 0 Å². The second-order valence-corrected chi connectivity index (χ2v) is 8.36. The SMILES string of the molecule is COc1cc(N2CCN(C(=O)Cn3nc(-c4ncon4)c4cccnc43)[C@@H](C)C2)c(F)cc1Cl. The molecule has 176 valence electrons. The summed E-state index contributed by atoms with van der Waals surface area (Å²) < 4.78 is 26.2. The number of halogens is 2. The van der Waals surface area contributed by atoms with Crippen molar-refractivity contribution in [3.8, 4) is 17.3 Å². The van der Waals surface area contributed by atoms with Crippen LogP contribution in [-0.2, 0) is 11.3 Å². The lowest BCUT2D eigenvalue weighted by molar-refractivity contribution is -0.134. The van der Waals surface area contributed by atoms with Gasteiger partial charge in [-0.15, -0.1) is 0 Å². The van der Waals surface area contributed by atoms with E-state index in [9.17, 15) is 9.18 Å². The number of hydrogen-bond donors (Lipinski definition) is 0. The molecule has 10 nitrogen and oxygen atoms in total. The summed E-state index contributed by atoms with van der Waals surface area (Å²) in [6, 6.07) is 6.30. The van der Waals surface area contributed by atoms with Gasteiger partial charge in [0.1, 0.15) is 23.8 Å². The van der Waals surface area contributed by atoms with E-state index in [0.717, 1.165) is 5.39 Å². The standard InChI is InChI=1S/C22H21ClFN7O3/c1-13-10-29(17-9-18(33-2)15(23)8-16(17)24)6-7-30(13)19(32)11-31-22-14(4-3-5-25-22)20(27-31)21-26-12-34-28-21/h3-5,8-9,12-13H,6-7,10-11H2,1-2H3/t13-/m0/s1. The Morgan fingerprint density at radius 1 is 1.32 bits per heavy atom. The van der Waals surface area contributed by atoms with E-state index < -0.39 is 5.82 Å². The second-order valence-electron chi connectivity index (χ2n) is 7.96. The average Bonchev–Trinajstić information content (AvgIpc) is 3.48. The lowest BCUT2D eigenvalue weighted by Gasteiger charge is -2.41. The molecule has 1 aromatic carbocycles. The molecule has 1 aliphatic rings. The van der Waals surface area contributed by atoms with Crippen LogP contribution in [0.15, 0.2) is 41.4 Å². The van der Waals surface area contributed by atoms with Crippen LogP contribution in [0.2, 0.25) is 5.02 Å². The largest absolute Gasteiger partial charge is 0.495 e. The lowest BCUT2D eigenvalue weighted by atomic mass is 10.1. The number of ether oxygens (including phenoxy) is 1. The minimum absolute atomic E-state index is 0.00116. The fraction of sp³-hybridized carbons (Fsp3) is 0.318. The van der Waals surface area contributed by atoms with Crippen LogP contribution in [0.1, 0.15) is 6.92 Å². The molecule has 0 N–H and O–H groups in total. The van der Waals surface area contributed by atoms with E-state index in [1.807, 2.05) is 17.9 Å². The summed E-state index contributed by atoms with van der Waals surface area (Å²) in [6.07, 6.45) is 2.86. The molecule has 1 atom stereocenters. The molecule has 12 heteroatoms. The second kappa shape index (κ2) is 8.90. The summed E-state index contributed by atoms with van der Waals surface area (Å²) in [7, 11) is 1.49. The highest BCUT2D eigenvalue weighted by Gasteiger charge is 2.30. The van der Waals surface area contributed by atoms with E-state index in [1.54, 1.807) is 27.9 Å². The Morgan fingerprint density at radius 2 is 2.18 bits per heavy atom. The Hall–Kier alpha value is -3.73. The van der Waals surface area contributed by atoms with E-state index in [2.05, 4.69) is 20.2 Å². The summed E-state index contributed by atoms with van der Waals surface area (Å²) in [5, 5.41) is 9.32. The molecule has 1 aliphatic heterocycles. The quantitative estimate of drug-likeness (QED) is 0.425. The van der Waals surface area contributed by atoms with Gasteiger partial charge < -0.3 is 19.1 Å². The van der Waals surface area contributed by atoms with Crippen molar-refractivity contribution < 1.29 is 18.4 Å². The monoisotopic (exact) mass is 485 g/mol. The first kappa shape index (κ1) is 22.1. The lowest BCUT2D eigenvalue weighted by Crippen LogP contribution is -2.55. The van der Waals surface area contributed by atoms with Crippen LogP contribution < -0.4 is 9.64 Å². The third kappa shape index (κ3) is 3.92. The van der Waals surface area contributed by atoms with Crippen LogP contribution in [-0.4, -0.2) is 68.5 Å². The summed E-state index contributed by atoms with van der Waals surface area (Å²) in [4.78, 5) is 25.3. The first-order valence-corrected chi connectivity index (χ1v) is 11.0. The molecule has 1 saturated heterocycles. The van der Waals surface area contributed by atoms with E-state index in [-0.39, 0.29) is 23.5 Å². The van der Waals surface area contributed by atoms with Gasteiger partial charge in [0.2, 0.25) is 18.1 Å². The normalized spacial score (nSPS) is 16.3. The Balaban J connectivity index is 1.34. The van der Waals surface area contributed by atoms with Gasteiger partial charge in [-0.2, -0.15) is 10.1 Å². The molecule has 0 radical (unpaired) electrons.